The molecule has 0 radical (unpaired) electrons. The van der Waals surface area contributed by atoms with Crippen LogP contribution >= 0.6 is 11.6 Å². The van der Waals surface area contributed by atoms with E-state index in [9.17, 15) is 9.59 Å². The molecule has 0 saturated carbocycles. The molecule has 0 heterocycles. The highest BCUT2D eigenvalue weighted by molar-refractivity contribution is 6.29. The predicted molar refractivity (Wildman–Crippen MR) is 44.6 cm³/mol. The SMILES string of the molecule is C=CC(=O)NCOC(=O)C(C)Cl. The third kappa shape index (κ3) is 4.73. The van der Waals surface area contributed by atoms with E-state index in [-0.39, 0.29) is 6.73 Å². The van der Waals surface area contributed by atoms with Crippen LogP contribution in [0.1, 0.15) is 6.92 Å². The molecule has 0 aromatic carbocycles. The highest BCUT2D eigenvalue weighted by atomic mass is 35.5. The molecule has 0 aromatic heterocycles. The lowest BCUT2D eigenvalue weighted by Crippen LogP contribution is -2.27. The van der Waals surface area contributed by atoms with Crippen LogP contribution in [0.25, 0.3) is 0 Å². The summed E-state index contributed by atoms with van der Waals surface area (Å²) in [5.41, 5.74) is 0. The summed E-state index contributed by atoms with van der Waals surface area (Å²) in [7, 11) is 0. The first-order valence-corrected chi connectivity index (χ1v) is 3.72. The van der Waals surface area contributed by atoms with E-state index in [1.807, 2.05) is 0 Å². The first-order chi connectivity index (χ1) is 5.57. The zero-order valence-corrected chi connectivity index (χ0v) is 7.43. The first-order valence-electron chi connectivity index (χ1n) is 3.29. The zero-order chi connectivity index (χ0) is 9.56. The van der Waals surface area contributed by atoms with Gasteiger partial charge in [0.2, 0.25) is 5.91 Å². The lowest BCUT2D eigenvalue weighted by molar-refractivity contribution is -0.144. The van der Waals surface area contributed by atoms with E-state index in [0.29, 0.717) is 0 Å². The summed E-state index contributed by atoms with van der Waals surface area (Å²) < 4.78 is 4.53. The van der Waals surface area contributed by atoms with Crippen LogP contribution < -0.4 is 5.32 Å². The van der Waals surface area contributed by atoms with Crippen molar-refractivity contribution < 1.29 is 14.3 Å². The van der Waals surface area contributed by atoms with Gasteiger partial charge in [0.25, 0.3) is 0 Å². The van der Waals surface area contributed by atoms with Gasteiger partial charge >= 0.3 is 5.97 Å². The van der Waals surface area contributed by atoms with Crippen LogP contribution in [0, 0.1) is 0 Å². The molecule has 5 heteroatoms. The number of carbonyl (C=O) groups is 2. The molecule has 0 aliphatic heterocycles. The minimum Gasteiger partial charge on any atom is -0.443 e. The maximum absolute atomic E-state index is 10.7. The molecular formula is C7H10ClNO3. The lowest BCUT2D eigenvalue weighted by Gasteiger charge is -2.05. The second kappa shape index (κ2) is 5.60. The number of rotatable bonds is 4. The van der Waals surface area contributed by atoms with E-state index >= 15 is 0 Å². The molecule has 0 fully saturated rings. The summed E-state index contributed by atoms with van der Waals surface area (Å²) in [6.45, 7) is 4.52. The van der Waals surface area contributed by atoms with Crippen LogP contribution in [0.2, 0.25) is 0 Å². The van der Waals surface area contributed by atoms with Crippen LogP contribution in [0.15, 0.2) is 12.7 Å². The van der Waals surface area contributed by atoms with Crippen molar-refractivity contribution in [3.63, 3.8) is 0 Å². The number of carbonyl (C=O) groups excluding carboxylic acids is 2. The van der Waals surface area contributed by atoms with E-state index in [0.717, 1.165) is 6.08 Å². The molecule has 0 aromatic rings. The van der Waals surface area contributed by atoms with Crippen LogP contribution in [-0.2, 0) is 14.3 Å². The van der Waals surface area contributed by atoms with Gasteiger partial charge in [-0.05, 0) is 13.0 Å². The molecule has 0 rings (SSSR count). The maximum atomic E-state index is 10.7. The molecule has 1 amide bonds. The number of amides is 1. The smallest absolute Gasteiger partial charge is 0.325 e. The molecule has 1 N–H and O–H groups in total. The van der Waals surface area contributed by atoms with Gasteiger partial charge in [-0.3, -0.25) is 9.59 Å². The third-order valence-electron chi connectivity index (χ3n) is 0.971. The van der Waals surface area contributed by atoms with Crippen LogP contribution in [0.5, 0.6) is 0 Å². The normalized spacial score (nSPS) is 11.5. The maximum Gasteiger partial charge on any atom is 0.325 e. The Kier molecular flexibility index (Phi) is 5.12. The fraction of sp³-hybridized carbons (Fsp3) is 0.429. The molecule has 0 bridgehead atoms. The van der Waals surface area contributed by atoms with E-state index in [1.165, 1.54) is 6.92 Å². The van der Waals surface area contributed by atoms with Crippen molar-refractivity contribution in [3.8, 4) is 0 Å². The topological polar surface area (TPSA) is 55.4 Å². The fourth-order valence-electron chi connectivity index (χ4n) is 0.365. The van der Waals surface area contributed by atoms with Crippen LogP contribution in [0.4, 0.5) is 0 Å². The largest absolute Gasteiger partial charge is 0.443 e. The molecule has 0 aliphatic carbocycles. The Morgan fingerprint density at radius 2 is 2.33 bits per heavy atom. The van der Waals surface area contributed by atoms with Gasteiger partial charge in [0.15, 0.2) is 6.73 Å². The fourth-order valence-corrected chi connectivity index (χ4v) is 0.428. The summed E-state index contributed by atoms with van der Waals surface area (Å²) in [5, 5.41) is 1.56. The molecule has 0 saturated heterocycles. The Bertz CT molecular complexity index is 191. The summed E-state index contributed by atoms with van der Waals surface area (Å²) in [5.74, 6) is -0.967. The predicted octanol–water partition coefficient (Wildman–Crippen LogP) is 0.417. The summed E-state index contributed by atoms with van der Waals surface area (Å²) in [6.07, 6.45) is 1.08. The number of hydrogen-bond acceptors (Lipinski definition) is 3. The molecule has 0 aliphatic rings. The monoisotopic (exact) mass is 191 g/mol. The third-order valence-corrected chi connectivity index (χ3v) is 1.15. The van der Waals surface area contributed by atoms with Crippen LogP contribution in [-0.4, -0.2) is 24.0 Å². The van der Waals surface area contributed by atoms with Crippen molar-refractivity contribution in [1.82, 2.24) is 5.32 Å². The molecule has 1 atom stereocenters. The van der Waals surface area contributed by atoms with Crippen molar-refractivity contribution in [2.24, 2.45) is 0 Å². The molecule has 12 heavy (non-hydrogen) atoms. The average Bonchev–Trinajstić information content (AvgIpc) is 2.03. The summed E-state index contributed by atoms with van der Waals surface area (Å²) in [4.78, 5) is 21.2. The Morgan fingerprint density at radius 1 is 1.75 bits per heavy atom. The van der Waals surface area contributed by atoms with Gasteiger partial charge < -0.3 is 10.1 Å². The average molecular weight is 192 g/mol. The number of alkyl halides is 1. The second-order valence-electron chi connectivity index (χ2n) is 1.97. The van der Waals surface area contributed by atoms with Gasteiger partial charge in [-0.15, -0.1) is 11.6 Å². The minimum absolute atomic E-state index is 0.180. The van der Waals surface area contributed by atoms with Gasteiger partial charge in [0.1, 0.15) is 5.38 Å². The highest BCUT2D eigenvalue weighted by Crippen LogP contribution is 1.95. The Balaban J connectivity index is 3.50. The van der Waals surface area contributed by atoms with Crippen LogP contribution in [0.3, 0.4) is 0 Å². The van der Waals surface area contributed by atoms with Gasteiger partial charge in [-0.2, -0.15) is 0 Å². The van der Waals surface area contributed by atoms with Crippen molar-refractivity contribution in [1.29, 1.82) is 0 Å². The van der Waals surface area contributed by atoms with Gasteiger partial charge in [0.05, 0.1) is 0 Å². The van der Waals surface area contributed by atoms with Crippen molar-refractivity contribution in [2.45, 2.75) is 12.3 Å². The number of esters is 1. The highest BCUT2D eigenvalue weighted by Gasteiger charge is 2.09. The zero-order valence-electron chi connectivity index (χ0n) is 6.67. The molecule has 4 nitrogen and oxygen atoms in total. The molecule has 68 valence electrons. The van der Waals surface area contributed by atoms with Gasteiger partial charge in [-0.25, -0.2) is 0 Å². The number of hydrogen-bond donors (Lipinski definition) is 1. The standard InChI is InChI=1S/C7H10ClNO3/c1-3-6(10)9-4-12-7(11)5(2)8/h3,5H,1,4H2,2H3,(H,9,10). The minimum atomic E-state index is -0.703. The van der Waals surface area contributed by atoms with Gasteiger partial charge in [-0.1, -0.05) is 6.58 Å². The summed E-state index contributed by atoms with van der Waals surface area (Å²) >= 11 is 5.37. The van der Waals surface area contributed by atoms with E-state index in [4.69, 9.17) is 11.6 Å². The molecule has 0 spiro atoms. The van der Waals surface area contributed by atoms with Crippen molar-refractivity contribution >= 4 is 23.5 Å². The van der Waals surface area contributed by atoms with E-state index < -0.39 is 17.3 Å². The Labute approximate surface area is 75.5 Å². The lowest BCUT2D eigenvalue weighted by atomic mass is 10.5. The van der Waals surface area contributed by atoms with Crippen molar-refractivity contribution in [2.75, 3.05) is 6.73 Å². The van der Waals surface area contributed by atoms with E-state index in [2.05, 4.69) is 16.6 Å². The van der Waals surface area contributed by atoms with Crippen molar-refractivity contribution in [3.05, 3.63) is 12.7 Å². The number of halogens is 1. The Morgan fingerprint density at radius 3 is 2.75 bits per heavy atom. The number of nitrogens with one attached hydrogen (secondary N) is 1. The Hall–Kier alpha value is -1.03. The molecular weight excluding hydrogens is 182 g/mol. The summed E-state index contributed by atoms with van der Waals surface area (Å²) in [6, 6.07) is 0. The first kappa shape index (κ1) is 11.0. The second-order valence-corrected chi connectivity index (χ2v) is 2.62. The number of ether oxygens (including phenoxy) is 1. The molecule has 1 unspecified atom stereocenters. The van der Waals surface area contributed by atoms with E-state index in [1.54, 1.807) is 0 Å². The quantitative estimate of drug-likeness (QED) is 0.303. The van der Waals surface area contributed by atoms with Gasteiger partial charge in [0, 0.05) is 0 Å².